The molecule has 0 saturated heterocycles. The van der Waals surface area contributed by atoms with Crippen molar-refractivity contribution in [2.24, 2.45) is 0 Å². The molecule has 2 unspecified atom stereocenters. The van der Waals surface area contributed by atoms with Crippen molar-refractivity contribution in [3.05, 3.63) is 36.6 Å². The average Bonchev–Trinajstić information content (AvgIpc) is 2.70. The monoisotopic (exact) mass is 418 g/mol. The Bertz CT molecular complexity index is 520. The van der Waals surface area contributed by atoms with Crippen molar-refractivity contribution in [1.82, 2.24) is 0 Å². The first-order valence-corrected chi connectivity index (χ1v) is 12.4. The van der Waals surface area contributed by atoms with Gasteiger partial charge in [0.2, 0.25) is 0 Å². The maximum absolute atomic E-state index is 12.0. The molecule has 0 N–H and O–H groups in total. The molecule has 0 spiro atoms. The summed E-state index contributed by atoms with van der Waals surface area (Å²) in [6, 6.07) is 0. The minimum absolute atomic E-state index is 0.0256. The number of esters is 1. The first-order valence-electron chi connectivity index (χ1n) is 12.4. The van der Waals surface area contributed by atoms with Gasteiger partial charge in [-0.25, -0.2) is 0 Å². The predicted molar refractivity (Wildman–Crippen MR) is 127 cm³/mol. The highest BCUT2D eigenvalue weighted by atomic mass is 16.5. The first-order chi connectivity index (χ1) is 14.6. The van der Waals surface area contributed by atoms with Crippen molar-refractivity contribution >= 4 is 5.97 Å². The van der Waals surface area contributed by atoms with Crippen LogP contribution >= 0.6 is 0 Å². The maximum Gasteiger partial charge on any atom is 0.306 e. The summed E-state index contributed by atoms with van der Waals surface area (Å²) in [7, 11) is 0. The molecule has 0 aromatic heterocycles. The Morgan fingerprint density at radius 2 is 1.83 bits per heavy atom. The quantitative estimate of drug-likeness (QED) is 0.103. The summed E-state index contributed by atoms with van der Waals surface area (Å²) in [5, 5.41) is 0. The average molecular weight is 419 g/mol. The van der Waals surface area contributed by atoms with Crippen molar-refractivity contribution < 1.29 is 14.3 Å². The molecule has 2 atom stereocenters. The molecule has 1 fully saturated rings. The number of allylic oxidation sites excluding steroid dienone is 2. The van der Waals surface area contributed by atoms with Crippen LogP contribution in [0.5, 0.6) is 0 Å². The fourth-order valence-corrected chi connectivity index (χ4v) is 4.11. The Balaban J connectivity index is 2.08. The Morgan fingerprint density at radius 1 is 1.13 bits per heavy atom. The summed E-state index contributed by atoms with van der Waals surface area (Å²) >= 11 is 0. The van der Waals surface area contributed by atoms with Gasteiger partial charge in [-0.3, -0.25) is 4.79 Å². The summed E-state index contributed by atoms with van der Waals surface area (Å²) in [5.74, 6) is 1.13. The summed E-state index contributed by atoms with van der Waals surface area (Å²) < 4.78 is 11.8. The lowest BCUT2D eigenvalue weighted by atomic mass is 9.94. The van der Waals surface area contributed by atoms with Crippen LogP contribution in [0.25, 0.3) is 0 Å². The van der Waals surface area contributed by atoms with Gasteiger partial charge in [0.15, 0.2) is 0 Å². The molecule has 0 heterocycles. The molecule has 1 saturated carbocycles. The number of carbonyl (C=O) groups is 1. The predicted octanol–water partition coefficient (Wildman–Crippen LogP) is 8.20. The zero-order chi connectivity index (χ0) is 22.0. The molecule has 0 bridgehead atoms. The molecule has 0 aliphatic heterocycles. The summed E-state index contributed by atoms with van der Waals surface area (Å²) in [5.41, 5.74) is 1.22. The highest BCUT2D eigenvalue weighted by molar-refractivity contribution is 5.69. The Morgan fingerprint density at radius 3 is 2.47 bits per heavy atom. The number of unbranched alkanes of at least 4 members (excludes halogenated alkanes) is 5. The smallest absolute Gasteiger partial charge is 0.306 e. The van der Waals surface area contributed by atoms with E-state index in [0.717, 1.165) is 76.4 Å². The lowest BCUT2D eigenvalue weighted by Gasteiger charge is -2.23. The molecule has 3 nitrogen and oxygen atoms in total. The fourth-order valence-electron chi connectivity index (χ4n) is 4.11. The molecule has 172 valence electrons. The van der Waals surface area contributed by atoms with Crippen molar-refractivity contribution in [3.8, 4) is 0 Å². The summed E-state index contributed by atoms with van der Waals surface area (Å²) in [6.45, 7) is 12.3. The molecule has 1 rings (SSSR count). The van der Waals surface area contributed by atoms with E-state index in [1.807, 2.05) is 6.08 Å². The number of rotatable bonds is 17. The molecule has 0 aromatic carbocycles. The minimum atomic E-state index is -0.0256. The lowest BCUT2D eigenvalue weighted by molar-refractivity contribution is -0.149. The normalized spacial score (nSPS) is 18.1. The first kappa shape index (κ1) is 26.5. The molecule has 1 aliphatic rings. The molecular formula is C27H46O3. The van der Waals surface area contributed by atoms with E-state index in [2.05, 4.69) is 33.1 Å². The zero-order valence-electron chi connectivity index (χ0n) is 19.8. The van der Waals surface area contributed by atoms with Crippen LogP contribution in [0.1, 0.15) is 117 Å². The Hall–Kier alpha value is -1.51. The van der Waals surface area contributed by atoms with Gasteiger partial charge in [-0.05, 0) is 51.0 Å². The molecule has 0 radical (unpaired) electrons. The van der Waals surface area contributed by atoms with Gasteiger partial charge in [0.05, 0.1) is 5.76 Å². The Kier molecular flexibility index (Phi) is 15.2. The number of carbonyl (C=O) groups excluding carboxylic acids is 1. The van der Waals surface area contributed by atoms with Gasteiger partial charge in [0.25, 0.3) is 0 Å². The van der Waals surface area contributed by atoms with Gasteiger partial charge in [0.1, 0.15) is 12.2 Å². The number of hydrogen-bond acceptors (Lipinski definition) is 3. The fraction of sp³-hybridized carbons (Fsp3) is 0.741. The second-order valence-electron chi connectivity index (χ2n) is 8.71. The van der Waals surface area contributed by atoms with E-state index in [1.54, 1.807) is 0 Å². The van der Waals surface area contributed by atoms with Crippen molar-refractivity contribution in [2.45, 2.75) is 129 Å². The van der Waals surface area contributed by atoms with Crippen LogP contribution in [0, 0.1) is 0 Å². The second-order valence-corrected chi connectivity index (χ2v) is 8.71. The topological polar surface area (TPSA) is 35.5 Å². The molecule has 3 heteroatoms. The van der Waals surface area contributed by atoms with E-state index in [0.29, 0.717) is 6.42 Å². The van der Waals surface area contributed by atoms with Crippen LogP contribution in [-0.4, -0.2) is 18.2 Å². The molecular weight excluding hydrogens is 372 g/mol. The van der Waals surface area contributed by atoms with Gasteiger partial charge in [-0.1, -0.05) is 64.2 Å². The van der Waals surface area contributed by atoms with Gasteiger partial charge in [-0.15, -0.1) is 6.58 Å². The maximum atomic E-state index is 12.0. The van der Waals surface area contributed by atoms with E-state index in [4.69, 9.17) is 9.47 Å². The minimum Gasteiger partial charge on any atom is -0.495 e. The second kappa shape index (κ2) is 17.2. The van der Waals surface area contributed by atoms with Gasteiger partial charge in [-0.2, -0.15) is 0 Å². The molecule has 0 aromatic rings. The Labute approximate surface area is 186 Å². The van der Waals surface area contributed by atoms with Crippen LogP contribution in [0.3, 0.4) is 0 Å². The van der Waals surface area contributed by atoms with Crippen LogP contribution in [0.2, 0.25) is 0 Å². The van der Waals surface area contributed by atoms with Crippen LogP contribution in [0.4, 0.5) is 0 Å². The van der Waals surface area contributed by atoms with Gasteiger partial charge < -0.3 is 9.47 Å². The van der Waals surface area contributed by atoms with Crippen molar-refractivity contribution in [1.29, 1.82) is 0 Å². The van der Waals surface area contributed by atoms with E-state index < -0.39 is 0 Å². The molecule has 1 aliphatic carbocycles. The van der Waals surface area contributed by atoms with Crippen molar-refractivity contribution in [3.63, 3.8) is 0 Å². The molecule has 0 amide bonds. The SMILES string of the molecule is C=CCC(CCC)O/C(=C/CC)CCCCCCCCC(=O)OC1CCCC(=C)C1. The third-order valence-electron chi connectivity index (χ3n) is 5.72. The van der Waals surface area contributed by atoms with E-state index >= 15 is 0 Å². The summed E-state index contributed by atoms with van der Waals surface area (Å²) in [6.07, 6.45) is 21.2. The molecule has 30 heavy (non-hydrogen) atoms. The van der Waals surface area contributed by atoms with Crippen LogP contribution in [-0.2, 0) is 14.3 Å². The van der Waals surface area contributed by atoms with Crippen LogP contribution < -0.4 is 0 Å². The van der Waals surface area contributed by atoms with Crippen LogP contribution in [0.15, 0.2) is 36.6 Å². The third-order valence-corrected chi connectivity index (χ3v) is 5.72. The van der Waals surface area contributed by atoms with Gasteiger partial charge in [0, 0.05) is 25.7 Å². The number of ether oxygens (including phenoxy) is 2. The highest BCUT2D eigenvalue weighted by Gasteiger charge is 2.19. The van der Waals surface area contributed by atoms with E-state index in [-0.39, 0.29) is 18.2 Å². The third kappa shape index (κ3) is 12.9. The standard InChI is InChI=1S/C27H46O3/c1-5-15-24(16-6-2)29-25(17-7-3)19-12-10-8-9-11-13-21-27(28)30-26-20-14-18-23(4)22-26/h5,17,24,26H,1,4,6-16,18-22H2,2-3H3/b25-17+. The van der Waals surface area contributed by atoms with Crippen molar-refractivity contribution in [2.75, 3.05) is 0 Å². The van der Waals surface area contributed by atoms with E-state index in [9.17, 15) is 4.79 Å². The largest absolute Gasteiger partial charge is 0.495 e. The van der Waals surface area contributed by atoms with E-state index in [1.165, 1.54) is 31.3 Å². The summed E-state index contributed by atoms with van der Waals surface area (Å²) in [4.78, 5) is 12.0. The highest BCUT2D eigenvalue weighted by Crippen LogP contribution is 2.25. The number of hydrogen-bond donors (Lipinski definition) is 0. The zero-order valence-corrected chi connectivity index (χ0v) is 19.8. The lowest BCUT2D eigenvalue weighted by Crippen LogP contribution is -2.21. The van der Waals surface area contributed by atoms with Gasteiger partial charge >= 0.3 is 5.97 Å².